The average Bonchev–Trinajstić information content (AvgIpc) is 2.33. The molecular weight excluding hydrogens is 234 g/mol. The van der Waals surface area contributed by atoms with Gasteiger partial charge in [0, 0.05) is 0 Å². The fraction of sp³-hybridized carbons (Fsp3) is 0.200. The Morgan fingerprint density at radius 3 is 2.06 bits per heavy atom. The summed E-state index contributed by atoms with van der Waals surface area (Å²) in [4.78, 5) is 0. The quantitative estimate of drug-likeness (QED) is 0.862. The highest BCUT2D eigenvalue weighted by Gasteiger charge is 2.26. The van der Waals surface area contributed by atoms with Gasteiger partial charge in [-0.1, -0.05) is 24.3 Å². The zero-order valence-electron chi connectivity index (χ0n) is 10.2. The van der Waals surface area contributed by atoms with Gasteiger partial charge in [0.2, 0.25) is 0 Å². The Labute approximate surface area is 105 Å². The first-order chi connectivity index (χ1) is 8.41. The van der Waals surface area contributed by atoms with Gasteiger partial charge >= 0.3 is 0 Å². The van der Waals surface area contributed by atoms with E-state index >= 15 is 0 Å². The molecule has 1 unspecified atom stereocenters. The molecule has 0 saturated heterocycles. The van der Waals surface area contributed by atoms with Crippen LogP contribution in [-0.2, 0) is 5.60 Å². The van der Waals surface area contributed by atoms with E-state index in [1.165, 1.54) is 30.3 Å². The van der Waals surface area contributed by atoms with Crippen LogP contribution in [0.3, 0.4) is 0 Å². The largest absolute Gasteiger partial charge is 0.381 e. The molecule has 2 aromatic carbocycles. The summed E-state index contributed by atoms with van der Waals surface area (Å²) in [5.41, 5.74) is 0.139. The molecule has 0 aliphatic carbocycles. The number of aliphatic hydroxyl groups is 1. The first kappa shape index (κ1) is 12.7. The van der Waals surface area contributed by atoms with Gasteiger partial charge in [-0.05, 0) is 48.7 Å². The molecule has 0 aliphatic heterocycles. The first-order valence-electron chi connectivity index (χ1n) is 5.66. The molecular formula is C15H14F2O. The minimum atomic E-state index is -1.35. The highest BCUT2D eigenvalue weighted by atomic mass is 19.1. The predicted molar refractivity (Wildman–Crippen MR) is 66.2 cm³/mol. The van der Waals surface area contributed by atoms with Crippen LogP contribution in [0, 0.1) is 18.6 Å². The molecule has 0 amide bonds. The predicted octanol–water partition coefficient (Wildman–Crippen LogP) is 3.53. The lowest BCUT2D eigenvalue weighted by molar-refractivity contribution is 0.102. The zero-order valence-corrected chi connectivity index (χ0v) is 10.2. The molecule has 3 heteroatoms. The molecule has 94 valence electrons. The summed E-state index contributed by atoms with van der Waals surface area (Å²) in [5.74, 6) is -0.737. The van der Waals surface area contributed by atoms with Crippen LogP contribution in [0.15, 0.2) is 42.5 Å². The molecule has 0 aromatic heterocycles. The summed E-state index contributed by atoms with van der Waals surface area (Å²) in [6.07, 6.45) is 0. The minimum Gasteiger partial charge on any atom is -0.381 e. The van der Waals surface area contributed by atoms with Gasteiger partial charge in [0.1, 0.15) is 17.2 Å². The average molecular weight is 248 g/mol. The molecule has 1 atom stereocenters. The van der Waals surface area contributed by atoms with E-state index in [0.717, 1.165) is 0 Å². The number of rotatable bonds is 2. The number of hydrogen-bond donors (Lipinski definition) is 1. The summed E-state index contributed by atoms with van der Waals surface area (Å²) in [5, 5.41) is 10.5. The lowest BCUT2D eigenvalue weighted by Gasteiger charge is -2.24. The van der Waals surface area contributed by atoms with Crippen LogP contribution < -0.4 is 0 Å². The molecule has 0 spiro atoms. The standard InChI is InChI=1S/C15H14F2O/c1-10-3-4-12(9-14(10)17)15(2,18)11-5-7-13(16)8-6-11/h3-9,18H,1-2H3. The monoisotopic (exact) mass is 248 g/mol. The maximum absolute atomic E-state index is 13.5. The third kappa shape index (κ3) is 2.27. The van der Waals surface area contributed by atoms with Gasteiger partial charge in [-0.2, -0.15) is 0 Å². The van der Waals surface area contributed by atoms with Crippen LogP contribution >= 0.6 is 0 Å². The number of aryl methyl sites for hydroxylation is 1. The lowest BCUT2D eigenvalue weighted by Crippen LogP contribution is -2.23. The van der Waals surface area contributed by atoms with Crippen LogP contribution in [0.5, 0.6) is 0 Å². The van der Waals surface area contributed by atoms with Gasteiger partial charge < -0.3 is 5.11 Å². The molecule has 1 N–H and O–H groups in total. The molecule has 0 aliphatic rings. The molecule has 0 saturated carbocycles. The van der Waals surface area contributed by atoms with Crippen molar-refractivity contribution in [1.82, 2.24) is 0 Å². The Kier molecular flexibility index (Phi) is 3.18. The van der Waals surface area contributed by atoms with Crippen molar-refractivity contribution < 1.29 is 13.9 Å². The van der Waals surface area contributed by atoms with Gasteiger partial charge in [-0.25, -0.2) is 8.78 Å². The lowest BCUT2D eigenvalue weighted by atomic mass is 9.88. The Balaban J connectivity index is 2.46. The van der Waals surface area contributed by atoms with Gasteiger partial charge in [-0.3, -0.25) is 0 Å². The molecule has 0 heterocycles. The van der Waals surface area contributed by atoms with Crippen LogP contribution in [0.1, 0.15) is 23.6 Å². The third-order valence-corrected chi connectivity index (χ3v) is 3.14. The van der Waals surface area contributed by atoms with E-state index in [1.54, 1.807) is 26.0 Å². The van der Waals surface area contributed by atoms with Crippen molar-refractivity contribution in [2.45, 2.75) is 19.4 Å². The number of hydrogen-bond acceptors (Lipinski definition) is 1. The van der Waals surface area contributed by atoms with Crippen LogP contribution in [0.4, 0.5) is 8.78 Å². The van der Waals surface area contributed by atoms with E-state index in [1.807, 2.05) is 0 Å². The Morgan fingerprint density at radius 2 is 1.50 bits per heavy atom. The second-order valence-electron chi connectivity index (χ2n) is 4.54. The smallest absolute Gasteiger partial charge is 0.126 e. The zero-order chi connectivity index (χ0) is 13.3. The molecule has 0 fully saturated rings. The van der Waals surface area contributed by atoms with E-state index in [0.29, 0.717) is 16.7 Å². The molecule has 2 rings (SSSR count). The van der Waals surface area contributed by atoms with Gasteiger partial charge in [-0.15, -0.1) is 0 Å². The van der Waals surface area contributed by atoms with Crippen LogP contribution in [0.25, 0.3) is 0 Å². The topological polar surface area (TPSA) is 20.2 Å². The molecule has 0 bridgehead atoms. The van der Waals surface area contributed by atoms with E-state index in [9.17, 15) is 13.9 Å². The van der Waals surface area contributed by atoms with Gasteiger partial charge in [0.15, 0.2) is 0 Å². The second kappa shape index (κ2) is 4.50. The fourth-order valence-corrected chi connectivity index (χ4v) is 1.84. The van der Waals surface area contributed by atoms with Crippen molar-refractivity contribution in [3.8, 4) is 0 Å². The summed E-state index contributed by atoms with van der Waals surface area (Å²) >= 11 is 0. The second-order valence-corrected chi connectivity index (χ2v) is 4.54. The normalized spacial score (nSPS) is 14.3. The molecule has 1 nitrogen and oxygen atoms in total. The fourth-order valence-electron chi connectivity index (χ4n) is 1.84. The molecule has 0 radical (unpaired) electrons. The maximum Gasteiger partial charge on any atom is 0.126 e. The Bertz CT molecular complexity index is 559. The van der Waals surface area contributed by atoms with Crippen molar-refractivity contribution in [2.75, 3.05) is 0 Å². The Hall–Kier alpha value is -1.74. The molecule has 18 heavy (non-hydrogen) atoms. The molecule has 2 aromatic rings. The Morgan fingerprint density at radius 1 is 0.944 bits per heavy atom. The number of halogens is 2. The summed E-state index contributed by atoms with van der Waals surface area (Å²) in [6, 6.07) is 10.1. The number of benzene rings is 2. The summed E-state index contributed by atoms with van der Waals surface area (Å²) < 4.78 is 26.4. The van der Waals surface area contributed by atoms with Crippen molar-refractivity contribution in [1.29, 1.82) is 0 Å². The van der Waals surface area contributed by atoms with E-state index in [-0.39, 0.29) is 11.6 Å². The van der Waals surface area contributed by atoms with Gasteiger partial charge in [0.25, 0.3) is 0 Å². The van der Waals surface area contributed by atoms with Gasteiger partial charge in [0.05, 0.1) is 0 Å². The van der Waals surface area contributed by atoms with Crippen molar-refractivity contribution in [3.63, 3.8) is 0 Å². The van der Waals surface area contributed by atoms with Crippen LogP contribution in [0.2, 0.25) is 0 Å². The highest BCUT2D eigenvalue weighted by molar-refractivity contribution is 5.36. The minimum absolute atomic E-state index is 0.366. The summed E-state index contributed by atoms with van der Waals surface area (Å²) in [6.45, 7) is 3.22. The SMILES string of the molecule is Cc1ccc(C(C)(O)c2ccc(F)cc2)cc1F. The highest BCUT2D eigenvalue weighted by Crippen LogP contribution is 2.30. The maximum atomic E-state index is 13.5. The van der Waals surface area contributed by atoms with E-state index in [4.69, 9.17) is 0 Å². The first-order valence-corrected chi connectivity index (χ1v) is 5.66. The van der Waals surface area contributed by atoms with Crippen LogP contribution in [-0.4, -0.2) is 5.11 Å². The van der Waals surface area contributed by atoms with Crippen molar-refractivity contribution >= 4 is 0 Å². The van der Waals surface area contributed by atoms with E-state index in [2.05, 4.69) is 0 Å². The van der Waals surface area contributed by atoms with Crippen molar-refractivity contribution in [2.24, 2.45) is 0 Å². The third-order valence-electron chi connectivity index (χ3n) is 3.14. The summed E-state index contributed by atoms with van der Waals surface area (Å²) in [7, 11) is 0. The van der Waals surface area contributed by atoms with Crippen molar-refractivity contribution in [3.05, 3.63) is 70.8 Å². The van der Waals surface area contributed by atoms with E-state index < -0.39 is 5.60 Å².